The van der Waals surface area contributed by atoms with Crippen molar-refractivity contribution in [3.05, 3.63) is 53.2 Å². The number of aromatic nitrogens is 1. The molecule has 1 saturated heterocycles. The number of urea groups is 1. The molecule has 1 atom stereocenters. The van der Waals surface area contributed by atoms with Crippen LogP contribution in [-0.4, -0.2) is 72.4 Å². The Morgan fingerprint density at radius 1 is 1.15 bits per heavy atom. The van der Waals surface area contributed by atoms with Gasteiger partial charge in [-0.15, -0.1) is 0 Å². The number of aliphatic hydroxyl groups excluding tert-OH is 1. The van der Waals surface area contributed by atoms with Gasteiger partial charge in [0.25, 0.3) is 5.91 Å². The molecule has 2 heterocycles. The molecule has 0 bridgehead atoms. The van der Waals surface area contributed by atoms with Gasteiger partial charge in [-0.05, 0) is 63.0 Å². The van der Waals surface area contributed by atoms with Gasteiger partial charge >= 0.3 is 6.03 Å². The first-order valence-electron chi connectivity index (χ1n) is 13.1. The summed E-state index contributed by atoms with van der Waals surface area (Å²) < 4.78 is 12.0. The van der Waals surface area contributed by atoms with E-state index in [0.29, 0.717) is 51.0 Å². The van der Waals surface area contributed by atoms with Crippen molar-refractivity contribution in [3.63, 3.8) is 0 Å². The first-order valence-corrected chi connectivity index (χ1v) is 13.5. The number of hydrogen-bond acceptors (Lipinski definition) is 7. The molecule has 1 aliphatic carbocycles. The van der Waals surface area contributed by atoms with Gasteiger partial charge in [0, 0.05) is 43.4 Å². The first-order chi connectivity index (χ1) is 18.9. The molecule has 3 amide bonds. The number of carbonyl (C=O) groups is 2. The Balaban J connectivity index is 1.34. The quantitative estimate of drug-likeness (QED) is 0.297. The third kappa shape index (κ3) is 6.89. The number of ether oxygens (including phenoxy) is 2. The van der Waals surface area contributed by atoms with Gasteiger partial charge in [-0.3, -0.25) is 9.78 Å². The van der Waals surface area contributed by atoms with Crippen molar-refractivity contribution < 1.29 is 24.2 Å². The van der Waals surface area contributed by atoms with Gasteiger partial charge in [0.1, 0.15) is 30.0 Å². The number of carbonyl (C=O) groups excluding carboxylic acids is 2. The maximum atomic E-state index is 12.7. The summed E-state index contributed by atoms with van der Waals surface area (Å²) in [7, 11) is 1.54. The zero-order valence-corrected chi connectivity index (χ0v) is 22.5. The van der Waals surface area contributed by atoms with Crippen molar-refractivity contribution in [2.24, 2.45) is 0 Å². The number of β-amino-alcohol motifs (C(OH)–C–C–N with tert-alkyl or cyclic N) is 1. The monoisotopic (exact) mass is 553 g/mol. The number of halogens is 1. The second kappa shape index (κ2) is 12.1. The molecule has 4 N–H and O–H groups in total. The predicted octanol–water partition coefficient (Wildman–Crippen LogP) is 4.16. The summed E-state index contributed by atoms with van der Waals surface area (Å²) in [6, 6.07) is 9.95. The number of pyridine rings is 1. The van der Waals surface area contributed by atoms with E-state index in [-0.39, 0.29) is 24.6 Å². The van der Waals surface area contributed by atoms with Crippen LogP contribution in [0.4, 0.5) is 10.5 Å². The molecule has 2 fully saturated rings. The van der Waals surface area contributed by atoms with E-state index in [0.717, 1.165) is 38.8 Å². The third-order valence-corrected chi connectivity index (χ3v) is 7.02. The topological polar surface area (TPSA) is 125 Å². The van der Waals surface area contributed by atoms with Crippen molar-refractivity contribution in [3.8, 4) is 17.2 Å². The van der Waals surface area contributed by atoms with Crippen LogP contribution >= 0.6 is 11.6 Å². The molecule has 39 heavy (non-hydrogen) atoms. The van der Waals surface area contributed by atoms with E-state index < -0.39 is 6.10 Å². The Kier molecular flexibility index (Phi) is 8.35. The zero-order valence-electron chi connectivity index (χ0n) is 21.7. The molecule has 2 aromatic carbocycles. The van der Waals surface area contributed by atoms with E-state index >= 15 is 0 Å². The van der Waals surface area contributed by atoms with Crippen LogP contribution < -0.4 is 25.4 Å². The first kappa shape index (κ1) is 27.0. The number of benzene rings is 2. The van der Waals surface area contributed by atoms with Crippen LogP contribution in [0.1, 0.15) is 36.0 Å². The molecule has 3 aromatic rings. The van der Waals surface area contributed by atoms with Gasteiger partial charge in [0.05, 0.1) is 21.8 Å². The molecule has 1 unspecified atom stereocenters. The van der Waals surface area contributed by atoms with Crippen molar-refractivity contribution in [1.29, 1.82) is 0 Å². The molecule has 11 heteroatoms. The predicted molar refractivity (Wildman–Crippen MR) is 149 cm³/mol. The van der Waals surface area contributed by atoms with E-state index in [9.17, 15) is 14.7 Å². The largest absolute Gasteiger partial charge is 0.490 e. The summed E-state index contributed by atoms with van der Waals surface area (Å²) in [5.41, 5.74) is 1.33. The lowest BCUT2D eigenvalue weighted by Gasteiger charge is -2.20. The molecule has 5 rings (SSSR count). The normalized spacial score (nSPS) is 16.1. The van der Waals surface area contributed by atoms with E-state index in [4.69, 9.17) is 21.1 Å². The van der Waals surface area contributed by atoms with Gasteiger partial charge in [0.15, 0.2) is 0 Å². The van der Waals surface area contributed by atoms with E-state index in [2.05, 4.69) is 25.8 Å². The Labute approximate surface area is 231 Å². The molecule has 0 radical (unpaired) electrons. The Bertz CT molecular complexity index is 1360. The van der Waals surface area contributed by atoms with Gasteiger partial charge < -0.3 is 35.4 Å². The van der Waals surface area contributed by atoms with Gasteiger partial charge in [-0.1, -0.05) is 11.6 Å². The molecule has 1 aromatic heterocycles. The highest BCUT2D eigenvalue weighted by Gasteiger charge is 2.24. The molecule has 1 aliphatic heterocycles. The number of fused-ring (bicyclic) bond motifs is 1. The number of amides is 3. The number of anilines is 1. The number of nitrogens with one attached hydrogen (secondary N) is 3. The SMILES string of the molecule is CNC(=O)c1cc2c(Oc3ccc(NC(=O)NC4CC4)c(Cl)c3)ccnc2cc1OCC(O)CN1CCCC1. The summed E-state index contributed by atoms with van der Waals surface area (Å²) in [4.78, 5) is 31.4. The van der Waals surface area contributed by atoms with Gasteiger partial charge in [-0.25, -0.2) is 4.79 Å². The van der Waals surface area contributed by atoms with Crippen LogP contribution in [0.5, 0.6) is 17.2 Å². The molecule has 10 nitrogen and oxygen atoms in total. The highest BCUT2D eigenvalue weighted by Crippen LogP contribution is 2.35. The Morgan fingerprint density at radius 3 is 2.67 bits per heavy atom. The van der Waals surface area contributed by atoms with Gasteiger partial charge in [0.2, 0.25) is 0 Å². The highest BCUT2D eigenvalue weighted by atomic mass is 35.5. The summed E-state index contributed by atoms with van der Waals surface area (Å²) >= 11 is 6.40. The summed E-state index contributed by atoms with van der Waals surface area (Å²) in [6.07, 6.45) is 5.18. The molecule has 206 valence electrons. The van der Waals surface area contributed by atoms with Crippen LogP contribution in [0.3, 0.4) is 0 Å². The number of likely N-dealkylation sites (tertiary alicyclic amines) is 1. The number of rotatable bonds is 10. The van der Waals surface area contributed by atoms with E-state index in [1.807, 2.05) is 0 Å². The zero-order chi connectivity index (χ0) is 27.4. The summed E-state index contributed by atoms with van der Waals surface area (Å²) in [6.45, 7) is 2.54. The average molecular weight is 554 g/mol. The lowest BCUT2D eigenvalue weighted by molar-refractivity contribution is 0.0746. The molecular formula is C28H32ClN5O5. The minimum atomic E-state index is -0.680. The highest BCUT2D eigenvalue weighted by molar-refractivity contribution is 6.33. The Morgan fingerprint density at radius 2 is 1.95 bits per heavy atom. The minimum Gasteiger partial charge on any atom is -0.490 e. The van der Waals surface area contributed by atoms with E-state index in [1.165, 1.54) is 0 Å². The Hall–Kier alpha value is -3.60. The van der Waals surface area contributed by atoms with E-state index in [1.54, 1.807) is 49.6 Å². The number of aliphatic hydroxyl groups is 1. The van der Waals surface area contributed by atoms with Crippen LogP contribution in [0.25, 0.3) is 10.9 Å². The van der Waals surface area contributed by atoms with Crippen LogP contribution in [-0.2, 0) is 0 Å². The average Bonchev–Trinajstić information content (AvgIpc) is 3.59. The molecule has 2 aliphatic rings. The number of hydrogen-bond donors (Lipinski definition) is 4. The fraction of sp³-hybridized carbons (Fsp3) is 0.393. The van der Waals surface area contributed by atoms with Crippen LogP contribution in [0, 0.1) is 0 Å². The smallest absolute Gasteiger partial charge is 0.319 e. The van der Waals surface area contributed by atoms with Crippen LogP contribution in [0.15, 0.2) is 42.6 Å². The molecular weight excluding hydrogens is 522 g/mol. The summed E-state index contributed by atoms with van der Waals surface area (Å²) in [5, 5.41) is 19.6. The maximum absolute atomic E-state index is 12.7. The lowest BCUT2D eigenvalue weighted by Crippen LogP contribution is -2.34. The maximum Gasteiger partial charge on any atom is 0.319 e. The molecule has 0 spiro atoms. The summed E-state index contributed by atoms with van der Waals surface area (Å²) in [5.74, 6) is 0.912. The fourth-order valence-corrected chi connectivity index (χ4v) is 4.75. The van der Waals surface area contributed by atoms with Crippen molar-refractivity contribution in [2.75, 3.05) is 38.6 Å². The van der Waals surface area contributed by atoms with Gasteiger partial charge in [-0.2, -0.15) is 0 Å². The lowest BCUT2D eigenvalue weighted by atomic mass is 10.1. The number of nitrogens with zero attached hydrogens (tertiary/aromatic N) is 2. The molecule has 1 saturated carbocycles. The van der Waals surface area contributed by atoms with Crippen LogP contribution in [0.2, 0.25) is 5.02 Å². The second-order valence-electron chi connectivity index (χ2n) is 9.84. The minimum absolute atomic E-state index is 0.0553. The third-order valence-electron chi connectivity index (χ3n) is 6.70. The van der Waals surface area contributed by atoms with Crippen molar-refractivity contribution in [1.82, 2.24) is 20.5 Å². The fourth-order valence-electron chi connectivity index (χ4n) is 4.53. The second-order valence-corrected chi connectivity index (χ2v) is 10.2. The standard InChI is InChI=1S/C28H32ClN5O5/c1-30-27(36)21-13-20-24(14-26(21)38-16-18(35)15-34-10-2-3-11-34)31-9-8-25(20)39-19-6-7-23(22(29)12-19)33-28(37)32-17-4-5-17/h6-9,12-14,17-18,35H,2-5,10-11,15-16H2,1H3,(H,30,36)(H2,32,33,37). The van der Waals surface area contributed by atoms with Crippen molar-refractivity contribution >= 4 is 40.1 Å². The van der Waals surface area contributed by atoms with Crippen molar-refractivity contribution in [2.45, 2.75) is 37.8 Å².